The number of aromatic hydroxyl groups is 1. The summed E-state index contributed by atoms with van der Waals surface area (Å²) < 4.78 is -11.9. The zero-order valence-corrected chi connectivity index (χ0v) is 31.5. The van der Waals surface area contributed by atoms with Gasteiger partial charge in [0.15, 0.2) is 0 Å². The highest BCUT2D eigenvalue weighted by Crippen LogP contribution is 2.64. The minimum atomic E-state index is -2.38. The molecule has 0 spiro atoms. The van der Waals surface area contributed by atoms with Crippen LogP contribution in [0.5, 0.6) is 5.75 Å². The van der Waals surface area contributed by atoms with Crippen LogP contribution in [0, 0.1) is 0 Å². The third kappa shape index (κ3) is 9.90. The van der Waals surface area contributed by atoms with Gasteiger partial charge in [0, 0.05) is 11.1 Å². The Labute approximate surface area is 312 Å². The van der Waals surface area contributed by atoms with E-state index in [1.165, 1.54) is 0 Å². The van der Waals surface area contributed by atoms with Gasteiger partial charge in [-0.1, -0.05) is 174 Å². The van der Waals surface area contributed by atoms with Crippen molar-refractivity contribution in [3.05, 3.63) is 27.8 Å². The molecule has 0 bridgehead atoms. The van der Waals surface area contributed by atoms with E-state index in [0.717, 1.165) is 0 Å². The van der Waals surface area contributed by atoms with Crippen molar-refractivity contribution in [1.29, 1.82) is 0 Å². The Kier molecular flexibility index (Phi) is 15.2. The third-order valence-corrected chi connectivity index (χ3v) is 12.1. The minimum absolute atomic E-state index is 0.401. The van der Waals surface area contributed by atoms with Crippen LogP contribution in [0.15, 0.2) is 0 Å². The van der Waals surface area contributed by atoms with Crippen molar-refractivity contribution in [3.8, 4) is 5.75 Å². The van der Waals surface area contributed by atoms with Crippen LogP contribution in [0.4, 0.5) is 0 Å². The fraction of sp³-hybridized carbons (Fsp3) is 0.625. The smallest absolute Gasteiger partial charge is 0.210 e. The molecule has 1 N–H and O–H groups in total. The Balaban J connectivity index is 4.77. The van der Waals surface area contributed by atoms with Gasteiger partial charge in [0.1, 0.15) is 32.6 Å². The molecule has 0 saturated heterocycles. The summed E-state index contributed by atoms with van der Waals surface area (Å²) >= 11 is 124. The highest BCUT2D eigenvalue weighted by atomic mass is 35.6. The first kappa shape index (κ1) is 39.8. The minimum Gasteiger partial charge on any atom is -0.507 e. The van der Waals surface area contributed by atoms with E-state index in [0.29, 0.717) is 0 Å². The first-order chi connectivity index (χ1) is 16.1. The molecule has 1 aromatic carbocycles. The SMILES string of the molecule is Oc1c(C(Cl)C(Cl)(Cl)Cl)c(C(Cl)C(Cl)(Cl)Cl)c(C(Cl)C(Cl)(Cl)Cl)c(C(Cl)C(Cl)(Cl)Cl)c1C(Cl)C(Cl)(Cl)Cl. The number of hydrogen-bond donors (Lipinski definition) is 1. The van der Waals surface area contributed by atoms with Crippen molar-refractivity contribution >= 4 is 232 Å². The van der Waals surface area contributed by atoms with Crippen LogP contribution in [-0.4, -0.2) is 24.1 Å². The van der Waals surface area contributed by atoms with E-state index in [-0.39, 0.29) is 0 Å². The maximum atomic E-state index is 11.5. The number of halogens is 20. The molecule has 216 valence electrons. The van der Waals surface area contributed by atoms with Gasteiger partial charge < -0.3 is 5.11 Å². The van der Waals surface area contributed by atoms with Crippen LogP contribution in [0.2, 0.25) is 0 Å². The van der Waals surface area contributed by atoms with Gasteiger partial charge in [-0.3, -0.25) is 0 Å². The summed E-state index contributed by atoms with van der Waals surface area (Å²) in [6, 6.07) is 0. The van der Waals surface area contributed by atoms with Crippen molar-refractivity contribution < 1.29 is 5.11 Å². The largest absolute Gasteiger partial charge is 0.507 e. The predicted octanol–water partition coefficient (Wildman–Crippen LogP) is 14.6. The van der Waals surface area contributed by atoms with Crippen LogP contribution in [0.25, 0.3) is 0 Å². The normalized spacial score (nSPS) is 18.4. The fourth-order valence-corrected chi connectivity index (χ4v) is 5.77. The van der Waals surface area contributed by atoms with Crippen molar-refractivity contribution in [2.45, 2.75) is 45.8 Å². The molecule has 5 atom stereocenters. The maximum absolute atomic E-state index is 11.5. The van der Waals surface area contributed by atoms with Gasteiger partial charge >= 0.3 is 0 Å². The Bertz CT molecular complexity index is 898. The van der Waals surface area contributed by atoms with Gasteiger partial charge in [-0.15, -0.1) is 58.0 Å². The Morgan fingerprint density at radius 3 is 0.622 bits per heavy atom. The van der Waals surface area contributed by atoms with Crippen molar-refractivity contribution in [3.63, 3.8) is 0 Å². The second kappa shape index (κ2) is 14.1. The van der Waals surface area contributed by atoms with E-state index in [4.69, 9.17) is 232 Å². The zero-order valence-electron chi connectivity index (χ0n) is 16.4. The molecule has 0 heterocycles. The van der Waals surface area contributed by atoms with Gasteiger partial charge in [0.25, 0.3) is 0 Å². The molecule has 1 rings (SSSR count). The van der Waals surface area contributed by atoms with Gasteiger partial charge in [-0.05, 0) is 16.7 Å². The van der Waals surface area contributed by atoms with E-state index in [1.54, 1.807) is 0 Å². The first-order valence-corrected chi connectivity index (χ1v) is 16.4. The van der Waals surface area contributed by atoms with Crippen molar-refractivity contribution in [2.75, 3.05) is 0 Å². The average Bonchev–Trinajstić information content (AvgIpc) is 2.66. The summed E-state index contributed by atoms with van der Waals surface area (Å²) in [6.45, 7) is 0. The molecule has 1 nitrogen and oxygen atoms in total. The number of phenolic OH excluding ortho intramolecular Hbond substituents is 1. The van der Waals surface area contributed by atoms with Gasteiger partial charge in [-0.2, -0.15) is 0 Å². The average molecular weight is 923 g/mol. The lowest BCUT2D eigenvalue weighted by Crippen LogP contribution is -2.29. The summed E-state index contributed by atoms with van der Waals surface area (Å²) in [5.74, 6) is -0.903. The molecule has 21 heteroatoms. The Morgan fingerprint density at radius 2 is 0.459 bits per heavy atom. The summed E-state index contributed by atoms with van der Waals surface area (Å²) in [6.07, 6.45) is 0. The molecule has 5 unspecified atom stereocenters. The topological polar surface area (TPSA) is 20.2 Å². The number of rotatable bonds is 5. The van der Waals surface area contributed by atoms with E-state index >= 15 is 0 Å². The van der Waals surface area contributed by atoms with Crippen LogP contribution in [-0.2, 0) is 0 Å². The summed E-state index contributed by atoms with van der Waals surface area (Å²) in [5.41, 5.74) is -2.29. The van der Waals surface area contributed by atoms with E-state index in [9.17, 15) is 5.11 Å². The number of phenols is 1. The molecule has 0 aromatic heterocycles. The number of hydrogen-bond acceptors (Lipinski definition) is 1. The standard InChI is InChI=1S/C16H6Cl20O/c17-7(12(22,23)24)1-2(8(18)13(25,26)27)4(10(20)15(31,32)33)6(37)5(11(21)16(34,35)36)3(1)9(19)14(28,29)30/h7-11,37H. The van der Waals surface area contributed by atoms with E-state index < -0.39 is 79.4 Å². The molecule has 0 aliphatic carbocycles. The molecule has 37 heavy (non-hydrogen) atoms. The zero-order chi connectivity index (χ0) is 29.9. The lowest BCUT2D eigenvalue weighted by atomic mass is 9.83. The lowest BCUT2D eigenvalue weighted by molar-refractivity contribution is 0.455. The van der Waals surface area contributed by atoms with E-state index in [1.807, 2.05) is 0 Å². The molecule has 0 fully saturated rings. The molecule has 0 aliphatic heterocycles. The summed E-state index contributed by atoms with van der Waals surface area (Å²) in [7, 11) is 0. The molecule has 0 saturated carbocycles. The van der Waals surface area contributed by atoms with E-state index in [2.05, 4.69) is 0 Å². The Hall–Kier alpha value is 4.82. The molecular formula is C16H6Cl20O. The lowest BCUT2D eigenvalue weighted by Gasteiger charge is -2.37. The van der Waals surface area contributed by atoms with Crippen LogP contribution in [0.1, 0.15) is 54.7 Å². The number of alkyl halides is 20. The number of benzene rings is 1. The van der Waals surface area contributed by atoms with Gasteiger partial charge in [-0.25, -0.2) is 0 Å². The predicted molar refractivity (Wildman–Crippen MR) is 173 cm³/mol. The van der Waals surface area contributed by atoms with Crippen molar-refractivity contribution in [1.82, 2.24) is 0 Å². The fourth-order valence-electron chi connectivity index (χ4n) is 2.99. The molecule has 1 aromatic rings. The van der Waals surface area contributed by atoms with Crippen LogP contribution >= 0.6 is 232 Å². The highest BCUT2D eigenvalue weighted by molar-refractivity contribution is 6.73. The first-order valence-electron chi connectivity index (χ1n) is 8.54. The molecular weight excluding hydrogens is 917 g/mol. The monoisotopic (exact) mass is 913 g/mol. The quantitative estimate of drug-likeness (QED) is 0.292. The van der Waals surface area contributed by atoms with Crippen LogP contribution in [0.3, 0.4) is 0 Å². The van der Waals surface area contributed by atoms with Gasteiger partial charge in [0.2, 0.25) is 19.0 Å². The highest BCUT2D eigenvalue weighted by Gasteiger charge is 2.51. The third-order valence-electron chi connectivity index (χ3n) is 4.38. The Morgan fingerprint density at radius 1 is 0.324 bits per heavy atom. The maximum Gasteiger partial charge on any atom is 0.210 e. The van der Waals surface area contributed by atoms with Gasteiger partial charge in [0.05, 0.1) is 0 Å². The molecule has 0 amide bonds. The van der Waals surface area contributed by atoms with Crippen LogP contribution < -0.4 is 0 Å². The second-order valence-corrected chi connectivity index (χ2v) is 21.0. The van der Waals surface area contributed by atoms with Crippen molar-refractivity contribution in [2.24, 2.45) is 0 Å². The second-order valence-electron chi connectivity index (χ2n) is 6.94. The summed E-state index contributed by atoms with van der Waals surface area (Å²) in [5, 5.41) is 2.62. The molecule has 0 aliphatic rings. The molecule has 0 radical (unpaired) electrons. The summed E-state index contributed by atoms with van der Waals surface area (Å²) in [4.78, 5) is 0.